The normalized spacial score (nSPS) is 16.3. The third kappa shape index (κ3) is 4.75. The molecule has 0 fully saturated rings. The second kappa shape index (κ2) is 8.38. The first kappa shape index (κ1) is 20.3. The number of fused-ring (bicyclic) bond motifs is 2. The minimum absolute atomic E-state index is 0.0719. The van der Waals surface area contributed by atoms with Gasteiger partial charge in [0, 0.05) is 23.5 Å². The smallest absolute Gasteiger partial charge is 0.422 e. The van der Waals surface area contributed by atoms with E-state index in [9.17, 15) is 18.0 Å². The average Bonchev–Trinajstić information content (AvgIpc) is 3.13. The number of hydrogen-bond acceptors (Lipinski definition) is 3. The van der Waals surface area contributed by atoms with E-state index in [0.717, 1.165) is 34.9 Å². The Labute approximate surface area is 171 Å². The number of nitrogens with one attached hydrogen (secondary N) is 2. The molecular weight excluding hydrogens is 395 g/mol. The van der Waals surface area contributed by atoms with Crippen LogP contribution in [0.15, 0.2) is 42.7 Å². The minimum Gasteiger partial charge on any atom is -0.482 e. The molecule has 0 saturated heterocycles. The van der Waals surface area contributed by atoms with Crippen LogP contribution >= 0.6 is 0 Å². The molecule has 30 heavy (non-hydrogen) atoms. The second-order valence-electron chi connectivity index (χ2n) is 7.49. The number of para-hydroxylation sites is 1. The molecule has 8 heteroatoms. The standard InChI is InChI=1S/C22H22F3N3O2/c23-22(24,25)13-30-16-10-14-4-3-7-19(21(14)27-12-16)28-20(29)9-8-15-11-26-18-6-2-1-5-17(15)18/h1-2,5-6,10-12,19,26H,3-4,7-9,13H2,(H,28,29). The monoisotopic (exact) mass is 417 g/mol. The van der Waals surface area contributed by atoms with Crippen molar-refractivity contribution in [2.45, 2.75) is 44.3 Å². The first-order valence-corrected chi connectivity index (χ1v) is 9.92. The average molecular weight is 417 g/mol. The molecule has 4 rings (SSSR count). The van der Waals surface area contributed by atoms with Gasteiger partial charge in [0.05, 0.1) is 17.9 Å². The van der Waals surface area contributed by atoms with Gasteiger partial charge in [-0.2, -0.15) is 13.2 Å². The highest BCUT2D eigenvalue weighted by Crippen LogP contribution is 2.31. The van der Waals surface area contributed by atoms with E-state index in [2.05, 4.69) is 15.3 Å². The summed E-state index contributed by atoms with van der Waals surface area (Å²) in [7, 11) is 0. The summed E-state index contributed by atoms with van der Waals surface area (Å²) < 4.78 is 41.8. The van der Waals surface area contributed by atoms with Crippen LogP contribution in [-0.2, 0) is 17.6 Å². The number of benzene rings is 1. The van der Waals surface area contributed by atoms with Crippen molar-refractivity contribution >= 4 is 16.8 Å². The van der Waals surface area contributed by atoms with Gasteiger partial charge in [0.25, 0.3) is 0 Å². The molecule has 158 valence electrons. The lowest BCUT2D eigenvalue weighted by Crippen LogP contribution is -2.32. The quantitative estimate of drug-likeness (QED) is 0.615. The van der Waals surface area contributed by atoms with Gasteiger partial charge in [0.2, 0.25) is 5.91 Å². The number of nitrogens with zero attached hydrogens (tertiary/aromatic N) is 1. The van der Waals surface area contributed by atoms with Gasteiger partial charge in [0.15, 0.2) is 6.61 Å². The van der Waals surface area contributed by atoms with Crippen LogP contribution in [0.3, 0.4) is 0 Å². The van der Waals surface area contributed by atoms with Crippen molar-refractivity contribution in [3.05, 3.63) is 59.5 Å². The summed E-state index contributed by atoms with van der Waals surface area (Å²) in [6, 6.07) is 9.31. The number of alkyl halides is 3. The molecule has 0 spiro atoms. The number of carbonyl (C=O) groups excluding carboxylic acids is 1. The van der Waals surface area contributed by atoms with Crippen LogP contribution in [0.5, 0.6) is 5.75 Å². The summed E-state index contributed by atoms with van der Waals surface area (Å²) in [6.07, 6.45) is 2.07. The SMILES string of the molecule is O=C(CCc1c[nH]c2ccccc12)NC1CCCc2cc(OCC(F)(F)F)cnc21. The van der Waals surface area contributed by atoms with E-state index in [4.69, 9.17) is 4.74 Å². The van der Waals surface area contributed by atoms with Gasteiger partial charge in [0.1, 0.15) is 5.75 Å². The molecule has 1 atom stereocenters. The zero-order valence-electron chi connectivity index (χ0n) is 16.3. The van der Waals surface area contributed by atoms with Crippen LogP contribution in [0, 0.1) is 0 Å². The Morgan fingerprint density at radius 3 is 2.97 bits per heavy atom. The van der Waals surface area contributed by atoms with E-state index < -0.39 is 12.8 Å². The summed E-state index contributed by atoms with van der Waals surface area (Å²) in [5.41, 5.74) is 3.67. The molecule has 5 nitrogen and oxygen atoms in total. The molecule has 1 aromatic carbocycles. The van der Waals surface area contributed by atoms with Crippen LogP contribution in [-0.4, -0.2) is 28.7 Å². The highest BCUT2D eigenvalue weighted by molar-refractivity contribution is 5.84. The molecule has 1 aliphatic carbocycles. The summed E-state index contributed by atoms with van der Waals surface area (Å²) >= 11 is 0. The molecule has 0 bridgehead atoms. The van der Waals surface area contributed by atoms with E-state index in [1.54, 1.807) is 6.07 Å². The van der Waals surface area contributed by atoms with Crippen LogP contribution in [0.25, 0.3) is 10.9 Å². The van der Waals surface area contributed by atoms with Crippen molar-refractivity contribution in [1.29, 1.82) is 0 Å². The van der Waals surface area contributed by atoms with Crippen LogP contribution in [0.1, 0.15) is 42.1 Å². The molecule has 2 N–H and O–H groups in total. The van der Waals surface area contributed by atoms with E-state index in [1.807, 2.05) is 30.5 Å². The van der Waals surface area contributed by atoms with Gasteiger partial charge in [-0.15, -0.1) is 0 Å². The maximum Gasteiger partial charge on any atom is 0.422 e. The highest BCUT2D eigenvalue weighted by atomic mass is 19.4. The van der Waals surface area contributed by atoms with Crippen LogP contribution in [0.4, 0.5) is 13.2 Å². The molecule has 1 amide bonds. The van der Waals surface area contributed by atoms with E-state index in [-0.39, 0.29) is 17.7 Å². The summed E-state index contributed by atoms with van der Waals surface area (Å²) in [5, 5.41) is 4.14. The number of aromatic nitrogens is 2. The lowest BCUT2D eigenvalue weighted by molar-refractivity contribution is -0.153. The number of pyridine rings is 1. The first-order valence-electron chi connectivity index (χ1n) is 9.92. The van der Waals surface area contributed by atoms with Gasteiger partial charge in [-0.25, -0.2) is 0 Å². The summed E-state index contributed by atoms with van der Waals surface area (Å²) in [4.78, 5) is 20.0. The van der Waals surface area contributed by atoms with E-state index in [1.165, 1.54) is 6.20 Å². The predicted octanol–water partition coefficient (Wildman–Crippen LogP) is 4.63. The summed E-state index contributed by atoms with van der Waals surface area (Å²) in [6.45, 7) is -1.35. The highest BCUT2D eigenvalue weighted by Gasteiger charge is 2.29. The van der Waals surface area contributed by atoms with Gasteiger partial charge >= 0.3 is 6.18 Å². The lowest BCUT2D eigenvalue weighted by atomic mass is 9.91. The van der Waals surface area contributed by atoms with Crippen molar-refractivity contribution in [1.82, 2.24) is 15.3 Å². The number of rotatable bonds is 6. The van der Waals surface area contributed by atoms with Gasteiger partial charge < -0.3 is 15.0 Å². The molecule has 1 aliphatic rings. The van der Waals surface area contributed by atoms with Crippen LogP contribution < -0.4 is 10.1 Å². The third-order valence-electron chi connectivity index (χ3n) is 5.28. The van der Waals surface area contributed by atoms with Crippen molar-refractivity contribution in [2.75, 3.05) is 6.61 Å². The fraction of sp³-hybridized carbons (Fsp3) is 0.364. The molecule has 2 aromatic heterocycles. The van der Waals surface area contributed by atoms with Crippen LogP contribution in [0.2, 0.25) is 0 Å². The third-order valence-corrected chi connectivity index (χ3v) is 5.28. The zero-order valence-corrected chi connectivity index (χ0v) is 16.3. The second-order valence-corrected chi connectivity index (χ2v) is 7.49. The maximum atomic E-state index is 12.5. The number of hydrogen-bond donors (Lipinski definition) is 2. The molecule has 0 radical (unpaired) electrons. The number of carbonyl (C=O) groups is 1. The van der Waals surface area contributed by atoms with E-state index >= 15 is 0 Å². The molecule has 0 saturated carbocycles. The Hall–Kier alpha value is -3.03. The number of amides is 1. The van der Waals surface area contributed by atoms with Gasteiger partial charge in [-0.3, -0.25) is 9.78 Å². The Morgan fingerprint density at radius 2 is 2.13 bits per heavy atom. The fourth-order valence-corrected chi connectivity index (χ4v) is 3.88. The van der Waals surface area contributed by atoms with Gasteiger partial charge in [-0.1, -0.05) is 18.2 Å². The maximum absolute atomic E-state index is 12.5. The fourth-order valence-electron chi connectivity index (χ4n) is 3.88. The predicted molar refractivity (Wildman–Crippen MR) is 106 cm³/mol. The Balaban J connectivity index is 1.37. The Kier molecular flexibility index (Phi) is 5.65. The van der Waals surface area contributed by atoms with Gasteiger partial charge in [-0.05, 0) is 48.9 Å². The molecular formula is C22H22F3N3O2. The molecule has 1 unspecified atom stereocenters. The van der Waals surface area contributed by atoms with Crippen molar-refractivity contribution in [3.63, 3.8) is 0 Å². The largest absolute Gasteiger partial charge is 0.482 e. The number of halogens is 3. The lowest BCUT2D eigenvalue weighted by Gasteiger charge is -2.25. The zero-order chi connectivity index (χ0) is 21.1. The number of ether oxygens (including phenoxy) is 1. The summed E-state index contributed by atoms with van der Waals surface area (Å²) in [5.74, 6) is 0.0229. The number of aromatic amines is 1. The topological polar surface area (TPSA) is 67.0 Å². The first-order chi connectivity index (χ1) is 14.4. The van der Waals surface area contributed by atoms with Crippen molar-refractivity contribution in [3.8, 4) is 5.75 Å². The van der Waals surface area contributed by atoms with E-state index in [0.29, 0.717) is 25.0 Å². The van der Waals surface area contributed by atoms with Crippen molar-refractivity contribution < 1.29 is 22.7 Å². The molecule has 0 aliphatic heterocycles. The number of H-pyrrole nitrogens is 1. The molecule has 2 heterocycles. The molecule has 3 aromatic rings. The Bertz CT molecular complexity index is 1050. The minimum atomic E-state index is -4.39. The number of aryl methyl sites for hydroxylation is 2. The van der Waals surface area contributed by atoms with Crippen molar-refractivity contribution in [2.24, 2.45) is 0 Å². The Morgan fingerprint density at radius 1 is 1.30 bits per heavy atom.